The number of ether oxygens (including phenoxy) is 1. The number of aliphatic hydroxyl groups excluding tert-OH is 1. The molecule has 1 heterocycles. The first-order chi connectivity index (χ1) is 9.60. The Balaban J connectivity index is 1.94. The second-order valence-corrected chi connectivity index (χ2v) is 5.20. The Morgan fingerprint density at radius 2 is 2.40 bits per heavy atom. The van der Waals surface area contributed by atoms with Crippen LogP contribution in [0.15, 0.2) is 12.4 Å². The number of aliphatic hydroxyl groups is 1. The van der Waals surface area contributed by atoms with Gasteiger partial charge in [0.25, 0.3) is 0 Å². The third-order valence-electron chi connectivity index (χ3n) is 3.58. The summed E-state index contributed by atoms with van der Waals surface area (Å²) in [5.74, 6) is 0.252. The highest BCUT2D eigenvalue weighted by Crippen LogP contribution is 2.37. The Bertz CT molecular complexity index is 443. The summed E-state index contributed by atoms with van der Waals surface area (Å²) in [6.07, 6.45) is 4.81. The van der Waals surface area contributed by atoms with Crippen molar-refractivity contribution in [2.75, 3.05) is 20.3 Å². The van der Waals surface area contributed by atoms with E-state index in [-0.39, 0.29) is 24.1 Å². The molecule has 7 heteroatoms. The van der Waals surface area contributed by atoms with Crippen LogP contribution in [0.4, 0.5) is 4.79 Å². The van der Waals surface area contributed by atoms with Crippen molar-refractivity contribution in [3.05, 3.63) is 18.0 Å². The lowest BCUT2D eigenvalue weighted by Crippen LogP contribution is -2.45. The summed E-state index contributed by atoms with van der Waals surface area (Å²) in [6.45, 7) is 0.947. The first kappa shape index (κ1) is 14.8. The first-order valence-electron chi connectivity index (χ1n) is 6.80. The Morgan fingerprint density at radius 3 is 2.95 bits per heavy atom. The monoisotopic (exact) mass is 282 g/mol. The standard InChI is InChI=1S/C13H22N4O3/c1-17-8-10(7-15-17)12(9-5-11(18)6-9)16-13(19)14-3-4-20-2/h7-9,11-12,18H,3-6H2,1-2H3,(H2,14,16,19)/t9?,11?,12-/m1/s1. The molecular formula is C13H22N4O3. The van der Waals surface area contributed by atoms with E-state index in [0.717, 1.165) is 5.56 Å². The number of amides is 2. The molecule has 7 nitrogen and oxygen atoms in total. The van der Waals surface area contributed by atoms with Crippen LogP contribution in [0, 0.1) is 5.92 Å². The second kappa shape index (κ2) is 6.71. The maximum absolute atomic E-state index is 11.9. The zero-order valence-electron chi connectivity index (χ0n) is 11.9. The minimum atomic E-state index is -0.252. The molecule has 1 aromatic heterocycles. The molecule has 3 N–H and O–H groups in total. The minimum absolute atomic E-state index is 0.116. The van der Waals surface area contributed by atoms with Crippen molar-refractivity contribution in [2.45, 2.75) is 25.0 Å². The fourth-order valence-electron chi connectivity index (χ4n) is 2.44. The third-order valence-corrected chi connectivity index (χ3v) is 3.58. The summed E-state index contributed by atoms with van der Waals surface area (Å²) in [5.41, 5.74) is 0.964. The van der Waals surface area contributed by atoms with Crippen molar-refractivity contribution >= 4 is 6.03 Å². The van der Waals surface area contributed by atoms with Gasteiger partial charge in [-0.15, -0.1) is 0 Å². The van der Waals surface area contributed by atoms with E-state index in [0.29, 0.717) is 26.0 Å². The van der Waals surface area contributed by atoms with E-state index in [9.17, 15) is 9.90 Å². The highest BCUT2D eigenvalue weighted by Gasteiger charge is 2.36. The quantitative estimate of drug-likeness (QED) is 0.649. The van der Waals surface area contributed by atoms with Crippen molar-refractivity contribution in [3.8, 4) is 0 Å². The average Bonchev–Trinajstić information content (AvgIpc) is 2.79. The SMILES string of the molecule is COCCNC(=O)N[C@@H](c1cnn(C)c1)C1CC(O)C1. The van der Waals surface area contributed by atoms with E-state index in [2.05, 4.69) is 15.7 Å². The second-order valence-electron chi connectivity index (χ2n) is 5.20. The van der Waals surface area contributed by atoms with Gasteiger partial charge in [0.1, 0.15) is 0 Å². The van der Waals surface area contributed by atoms with Gasteiger partial charge in [-0.2, -0.15) is 5.10 Å². The Hall–Kier alpha value is -1.60. The summed E-state index contributed by atoms with van der Waals surface area (Å²) in [7, 11) is 3.43. The van der Waals surface area contributed by atoms with Crippen LogP contribution in [0.2, 0.25) is 0 Å². The van der Waals surface area contributed by atoms with Gasteiger partial charge in [0.2, 0.25) is 0 Å². The van der Waals surface area contributed by atoms with Crippen LogP contribution in [-0.4, -0.2) is 47.3 Å². The van der Waals surface area contributed by atoms with Crippen molar-refractivity contribution in [2.24, 2.45) is 13.0 Å². The van der Waals surface area contributed by atoms with Gasteiger partial charge in [-0.25, -0.2) is 4.79 Å². The van der Waals surface area contributed by atoms with E-state index < -0.39 is 0 Å². The molecule has 1 saturated carbocycles. The van der Waals surface area contributed by atoms with Crippen LogP contribution >= 0.6 is 0 Å². The number of aromatic nitrogens is 2. The van der Waals surface area contributed by atoms with Crippen LogP contribution in [0.5, 0.6) is 0 Å². The van der Waals surface area contributed by atoms with E-state index in [4.69, 9.17) is 4.74 Å². The summed E-state index contributed by atoms with van der Waals surface area (Å²) < 4.78 is 6.60. The van der Waals surface area contributed by atoms with E-state index in [1.807, 2.05) is 13.2 Å². The normalized spacial score (nSPS) is 22.9. The molecule has 1 aliphatic carbocycles. The lowest BCUT2D eigenvalue weighted by atomic mass is 9.75. The molecule has 0 unspecified atom stereocenters. The Kier molecular flexibility index (Phi) is 4.97. The van der Waals surface area contributed by atoms with Gasteiger partial charge in [0.05, 0.1) is 24.9 Å². The number of aryl methyl sites for hydroxylation is 1. The van der Waals surface area contributed by atoms with Crippen molar-refractivity contribution in [3.63, 3.8) is 0 Å². The fourth-order valence-corrected chi connectivity index (χ4v) is 2.44. The Labute approximate surface area is 118 Å². The molecule has 0 aromatic carbocycles. The number of carbonyl (C=O) groups is 1. The number of rotatable bonds is 6. The maximum atomic E-state index is 11.9. The smallest absolute Gasteiger partial charge is 0.315 e. The van der Waals surface area contributed by atoms with Crippen LogP contribution < -0.4 is 10.6 Å². The molecule has 1 atom stereocenters. The summed E-state index contributed by atoms with van der Waals surface area (Å²) in [4.78, 5) is 11.9. The van der Waals surface area contributed by atoms with Gasteiger partial charge in [-0.3, -0.25) is 4.68 Å². The summed E-state index contributed by atoms with van der Waals surface area (Å²) in [6, 6.07) is -0.341. The number of urea groups is 1. The highest BCUT2D eigenvalue weighted by molar-refractivity contribution is 5.74. The zero-order chi connectivity index (χ0) is 14.5. The molecule has 0 bridgehead atoms. The number of nitrogens with one attached hydrogen (secondary N) is 2. The molecule has 2 amide bonds. The molecule has 0 spiro atoms. The number of methoxy groups -OCH3 is 1. The van der Waals surface area contributed by atoms with E-state index >= 15 is 0 Å². The average molecular weight is 282 g/mol. The summed E-state index contributed by atoms with van der Waals surface area (Å²) >= 11 is 0. The van der Waals surface area contributed by atoms with Crippen molar-refractivity contribution < 1.29 is 14.6 Å². The molecule has 1 aromatic rings. The van der Waals surface area contributed by atoms with Gasteiger partial charge in [-0.05, 0) is 18.8 Å². The topological polar surface area (TPSA) is 88.4 Å². The van der Waals surface area contributed by atoms with Gasteiger partial charge in [0.15, 0.2) is 0 Å². The van der Waals surface area contributed by atoms with Crippen LogP contribution in [-0.2, 0) is 11.8 Å². The lowest BCUT2D eigenvalue weighted by Gasteiger charge is -2.37. The Morgan fingerprint density at radius 1 is 1.65 bits per heavy atom. The van der Waals surface area contributed by atoms with Crippen LogP contribution in [0.1, 0.15) is 24.4 Å². The van der Waals surface area contributed by atoms with Crippen molar-refractivity contribution in [1.82, 2.24) is 20.4 Å². The number of hydrogen-bond donors (Lipinski definition) is 3. The minimum Gasteiger partial charge on any atom is -0.393 e. The van der Waals surface area contributed by atoms with E-state index in [1.54, 1.807) is 18.0 Å². The first-order valence-corrected chi connectivity index (χ1v) is 6.80. The molecule has 0 aliphatic heterocycles. The molecular weight excluding hydrogens is 260 g/mol. The van der Waals surface area contributed by atoms with Crippen LogP contribution in [0.3, 0.4) is 0 Å². The molecule has 1 fully saturated rings. The lowest BCUT2D eigenvalue weighted by molar-refractivity contribution is 0.0259. The molecule has 0 saturated heterocycles. The third kappa shape index (κ3) is 3.71. The maximum Gasteiger partial charge on any atom is 0.315 e. The predicted molar refractivity (Wildman–Crippen MR) is 73.1 cm³/mol. The summed E-state index contributed by atoms with van der Waals surface area (Å²) in [5, 5.41) is 19.3. The van der Waals surface area contributed by atoms with Gasteiger partial charge in [0, 0.05) is 32.5 Å². The molecule has 2 rings (SSSR count). The fraction of sp³-hybridized carbons (Fsp3) is 0.692. The zero-order valence-corrected chi connectivity index (χ0v) is 11.9. The molecule has 20 heavy (non-hydrogen) atoms. The number of carbonyl (C=O) groups excluding carboxylic acids is 1. The van der Waals surface area contributed by atoms with Crippen LogP contribution in [0.25, 0.3) is 0 Å². The number of nitrogens with zero attached hydrogens (tertiary/aromatic N) is 2. The van der Waals surface area contributed by atoms with Gasteiger partial charge >= 0.3 is 6.03 Å². The van der Waals surface area contributed by atoms with Gasteiger partial charge in [-0.1, -0.05) is 0 Å². The predicted octanol–water partition coefficient (Wildman–Crippen LogP) is 0.178. The van der Waals surface area contributed by atoms with E-state index in [1.165, 1.54) is 0 Å². The molecule has 112 valence electrons. The van der Waals surface area contributed by atoms with Crippen molar-refractivity contribution in [1.29, 1.82) is 0 Å². The molecule has 0 radical (unpaired) electrons. The van der Waals surface area contributed by atoms with Gasteiger partial charge < -0.3 is 20.5 Å². The molecule has 1 aliphatic rings. The number of hydrogen-bond acceptors (Lipinski definition) is 4. The highest BCUT2D eigenvalue weighted by atomic mass is 16.5. The largest absolute Gasteiger partial charge is 0.393 e.